The van der Waals surface area contributed by atoms with Crippen LogP contribution in [0.2, 0.25) is 36.3 Å². The topological polar surface area (TPSA) is 38.7 Å². The molecular weight excluding hydrogens is 629 g/mol. The van der Waals surface area contributed by atoms with E-state index in [4.69, 9.17) is 8.85 Å². The lowest BCUT2D eigenvalue weighted by Crippen LogP contribution is -2.57. The van der Waals surface area contributed by atoms with Crippen LogP contribution in [0.1, 0.15) is 121 Å². The Hall–Kier alpha value is -0.376. The standard InChI is InChI=1S/C41H72O3SSi2/c1-14-41(15-2,44-47(16-3,17-4)18-5)25-19-27-45-30(6)34-22-23-35-33-21-20-31-28-32(42)29-37(43-46(12,13)38(7,8)9)40(31,11)36(33)24-26-39(34,35)10/h19-22,25,30,32,35-37,42H,14-18,23-24,26-29H2,1-13H3/b25-19-/t30?,32?,35-,36-,37?,39+,40-/m0/s1. The number of rotatable bonds is 14. The van der Waals surface area contributed by atoms with Crippen molar-refractivity contribution in [2.45, 2.75) is 180 Å². The van der Waals surface area contributed by atoms with E-state index in [0.717, 1.165) is 37.9 Å². The number of thioether (sulfide) groups is 1. The van der Waals surface area contributed by atoms with Gasteiger partial charge in [0.2, 0.25) is 0 Å². The smallest absolute Gasteiger partial charge is 0.193 e. The highest BCUT2D eigenvalue weighted by Gasteiger charge is 2.58. The first-order valence-corrected chi connectivity index (χ1v) is 25.9. The van der Waals surface area contributed by atoms with E-state index in [0.29, 0.717) is 17.1 Å². The van der Waals surface area contributed by atoms with Crippen LogP contribution in [0, 0.1) is 22.7 Å². The monoisotopic (exact) mass is 700 g/mol. The zero-order chi connectivity index (χ0) is 35.1. The molecule has 4 rings (SSSR count). The predicted molar refractivity (Wildman–Crippen MR) is 211 cm³/mol. The molecule has 1 N–H and O–H groups in total. The molecule has 0 spiro atoms. The highest BCUT2D eigenvalue weighted by Crippen LogP contribution is 2.65. The first kappa shape index (κ1) is 39.4. The van der Waals surface area contributed by atoms with Crippen LogP contribution in [0.5, 0.6) is 0 Å². The number of allylic oxidation sites excluding steroid dienone is 4. The zero-order valence-electron chi connectivity index (χ0n) is 32.7. The summed E-state index contributed by atoms with van der Waals surface area (Å²) >= 11 is 2.11. The molecule has 0 radical (unpaired) electrons. The molecule has 3 nitrogen and oxygen atoms in total. The predicted octanol–water partition coefficient (Wildman–Crippen LogP) is 12.0. The van der Waals surface area contributed by atoms with Gasteiger partial charge in [0, 0.05) is 16.4 Å². The molecule has 2 fully saturated rings. The minimum Gasteiger partial charge on any atom is -0.413 e. The number of hydrogen-bond donors (Lipinski definition) is 1. The van der Waals surface area contributed by atoms with Crippen molar-refractivity contribution in [2.24, 2.45) is 22.7 Å². The summed E-state index contributed by atoms with van der Waals surface area (Å²) in [4.78, 5) is 0. The van der Waals surface area contributed by atoms with Crippen LogP contribution in [-0.2, 0) is 8.85 Å². The summed E-state index contributed by atoms with van der Waals surface area (Å²) < 4.78 is 14.4. The van der Waals surface area contributed by atoms with Gasteiger partial charge in [0.25, 0.3) is 0 Å². The average molecular weight is 701 g/mol. The summed E-state index contributed by atoms with van der Waals surface area (Å²) in [5, 5.41) is 11.7. The number of fused-ring (bicyclic) bond motifs is 5. The Kier molecular flexibility index (Phi) is 12.3. The van der Waals surface area contributed by atoms with Crippen molar-refractivity contribution >= 4 is 28.4 Å². The molecule has 0 heterocycles. The molecule has 0 aromatic rings. The Labute approximate surface area is 297 Å². The molecule has 0 amide bonds. The van der Waals surface area contributed by atoms with Gasteiger partial charge in [0.05, 0.1) is 17.8 Å². The van der Waals surface area contributed by atoms with E-state index in [9.17, 15) is 5.11 Å². The molecule has 4 aliphatic carbocycles. The van der Waals surface area contributed by atoms with Crippen molar-refractivity contribution in [1.82, 2.24) is 0 Å². The van der Waals surface area contributed by atoms with Gasteiger partial charge in [-0.1, -0.05) is 116 Å². The van der Waals surface area contributed by atoms with E-state index in [2.05, 4.69) is 131 Å². The normalized spacial score (nSPS) is 32.3. The van der Waals surface area contributed by atoms with Crippen LogP contribution < -0.4 is 0 Å². The number of hydrogen-bond acceptors (Lipinski definition) is 4. The fraction of sp³-hybridized carbons (Fsp3) is 0.805. The van der Waals surface area contributed by atoms with E-state index in [-0.39, 0.29) is 33.7 Å². The van der Waals surface area contributed by atoms with Crippen molar-refractivity contribution in [1.29, 1.82) is 0 Å². The Morgan fingerprint density at radius 1 is 1.02 bits per heavy atom. The zero-order valence-corrected chi connectivity index (χ0v) is 35.5. The molecule has 0 aliphatic heterocycles. The maximum Gasteiger partial charge on any atom is 0.193 e. The first-order chi connectivity index (χ1) is 21.9. The van der Waals surface area contributed by atoms with Gasteiger partial charge in [-0.2, -0.15) is 11.8 Å². The van der Waals surface area contributed by atoms with Crippen LogP contribution >= 0.6 is 11.8 Å². The van der Waals surface area contributed by atoms with Crippen LogP contribution in [0.3, 0.4) is 0 Å². The van der Waals surface area contributed by atoms with E-state index in [1.54, 1.807) is 11.1 Å². The van der Waals surface area contributed by atoms with Gasteiger partial charge >= 0.3 is 0 Å². The van der Waals surface area contributed by atoms with Crippen molar-refractivity contribution in [3.8, 4) is 0 Å². The van der Waals surface area contributed by atoms with Crippen LogP contribution in [0.4, 0.5) is 0 Å². The molecule has 4 aliphatic rings. The van der Waals surface area contributed by atoms with Gasteiger partial charge in [-0.05, 0) is 105 Å². The molecule has 0 aromatic heterocycles. The summed E-state index contributed by atoms with van der Waals surface area (Å²) in [6, 6.07) is 3.61. The molecule has 0 aromatic carbocycles. The molecule has 3 unspecified atom stereocenters. The third-order valence-corrected chi connectivity index (χ3v) is 24.7. The second-order valence-electron chi connectivity index (χ2n) is 17.6. The van der Waals surface area contributed by atoms with E-state index < -0.39 is 16.6 Å². The van der Waals surface area contributed by atoms with Gasteiger partial charge in [0.1, 0.15) is 0 Å². The molecule has 0 bridgehead atoms. The first-order valence-electron chi connectivity index (χ1n) is 19.4. The summed E-state index contributed by atoms with van der Waals surface area (Å²) in [6.45, 7) is 30.9. The van der Waals surface area contributed by atoms with Crippen LogP contribution in [-0.4, -0.2) is 50.6 Å². The Morgan fingerprint density at radius 3 is 2.23 bits per heavy atom. The quantitative estimate of drug-likeness (QED) is 0.145. The maximum atomic E-state index is 11.0. The third kappa shape index (κ3) is 7.36. The van der Waals surface area contributed by atoms with Gasteiger partial charge in [-0.15, -0.1) is 0 Å². The largest absolute Gasteiger partial charge is 0.413 e. The SMILES string of the molecule is CCC(/C=C\CSC(C)C1=CC[C@H]2C3=CC=C4CC(O)CC(O[Si](C)(C)C(C)(C)C)[C@]4(C)[C@H]3CC[C@]12C)(CC)O[Si](CC)(CC)CC. The number of aliphatic hydroxyl groups is 1. The molecule has 0 saturated heterocycles. The molecule has 47 heavy (non-hydrogen) atoms. The highest BCUT2D eigenvalue weighted by atomic mass is 32.2. The van der Waals surface area contributed by atoms with Crippen LogP contribution in [0.15, 0.2) is 47.1 Å². The molecule has 7 atom stereocenters. The number of aliphatic hydroxyl groups excluding tert-OH is 1. The van der Waals surface area contributed by atoms with Gasteiger partial charge in [0.15, 0.2) is 16.6 Å². The van der Waals surface area contributed by atoms with Crippen molar-refractivity contribution in [3.05, 3.63) is 47.1 Å². The van der Waals surface area contributed by atoms with Crippen molar-refractivity contribution in [3.63, 3.8) is 0 Å². The molecule has 2 saturated carbocycles. The Morgan fingerprint density at radius 2 is 1.66 bits per heavy atom. The van der Waals surface area contributed by atoms with Gasteiger partial charge < -0.3 is 14.0 Å². The Bertz CT molecular complexity index is 1210. The highest BCUT2D eigenvalue weighted by molar-refractivity contribution is 8.00. The van der Waals surface area contributed by atoms with E-state index in [1.165, 1.54) is 36.5 Å². The summed E-state index contributed by atoms with van der Waals surface area (Å²) in [6.07, 6.45) is 19.4. The van der Waals surface area contributed by atoms with Crippen molar-refractivity contribution in [2.75, 3.05) is 5.75 Å². The second-order valence-corrected chi connectivity index (χ2v) is 28.4. The fourth-order valence-corrected chi connectivity index (χ4v) is 15.2. The van der Waals surface area contributed by atoms with Gasteiger partial charge in [-0.3, -0.25) is 0 Å². The maximum absolute atomic E-state index is 11.0. The fourth-order valence-electron chi connectivity index (χ4n) is 9.59. The molecule has 6 heteroatoms. The lowest BCUT2D eigenvalue weighted by atomic mass is 9.49. The lowest BCUT2D eigenvalue weighted by molar-refractivity contribution is -0.0417. The average Bonchev–Trinajstić information content (AvgIpc) is 3.38. The third-order valence-electron chi connectivity index (χ3n) is 14.4. The molecule has 268 valence electrons. The van der Waals surface area contributed by atoms with Crippen molar-refractivity contribution < 1.29 is 14.0 Å². The van der Waals surface area contributed by atoms with Crippen LogP contribution in [0.25, 0.3) is 0 Å². The minimum absolute atomic E-state index is 0.0328. The van der Waals surface area contributed by atoms with E-state index >= 15 is 0 Å². The lowest BCUT2D eigenvalue weighted by Gasteiger charge is -2.58. The second kappa shape index (κ2) is 14.7. The Balaban J connectivity index is 1.49. The summed E-state index contributed by atoms with van der Waals surface area (Å²) in [5.74, 6) is 2.11. The minimum atomic E-state index is -2.00. The van der Waals surface area contributed by atoms with E-state index in [1.807, 2.05) is 0 Å². The summed E-state index contributed by atoms with van der Waals surface area (Å²) in [5.41, 5.74) is 4.84. The summed E-state index contributed by atoms with van der Waals surface area (Å²) in [7, 11) is -3.68. The molecular formula is C41H72O3SSi2. The van der Waals surface area contributed by atoms with Gasteiger partial charge in [-0.25, -0.2) is 0 Å².